The summed E-state index contributed by atoms with van der Waals surface area (Å²) in [5.74, 6) is 0.461. The van der Waals surface area contributed by atoms with Crippen LogP contribution in [0.4, 0.5) is 0 Å². The van der Waals surface area contributed by atoms with Crippen LogP contribution in [0.3, 0.4) is 0 Å². The average Bonchev–Trinajstić information content (AvgIpc) is 2.54. The maximum atomic E-state index is 11.5. The summed E-state index contributed by atoms with van der Waals surface area (Å²) in [5.41, 5.74) is 1.34. The number of halogens is 1. The Labute approximate surface area is 110 Å². The lowest BCUT2D eigenvalue weighted by atomic mass is 10.0. The summed E-state index contributed by atoms with van der Waals surface area (Å²) in [6, 6.07) is 9.48. The van der Waals surface area contributed by atoms with Gasteiger partial charge in [-0.05, 0) is 30.5 Å². The van der Waals surface area contributed by atoms with Crippen LogP contribution >= 0.6 is 15.9 Å². The van der Waals surface area contributed by atoms with Crippen molar-refractivity contribution in [2.24, 2.45) is 0 Å². The molecule has 2 unspecified atom stereocenters. The van der Waals surface area contributed by atoms with Gasteiger partial charge in [-0.15, -0.1) is 0 Å². The minimum atomic E-state index is 0.461. The van der Waals surface area contributed by atoms with E-state index in [4.69, 9.17) is 0 Å². The van der Waals surface area contributed by atoms with Gasteiger partial charge in [0.05, 0.1) is 0 Å². The van der Waals surface area contributed by atoms with Crippen molar-refractivity contribution >= 4 is 21.7 Å². The number of carbonyl (C=O) groups is 1. The Morgan fingerprint density at radius 2 is 1.94 bits per heavy atom. The summed E-state index contributed by atoms with van der Waals surface area (Å²) in [6.07, 6.45) is 3.93. The van der Waals surface area contributed by atoms with Gasteiger partial charge >= 0.3 is 0 Å². The molecule has 0 aliphatic carbocycles. The second-order valence-corrected chi connectivity index (χ2v) is 6.05. The molecule has 2 heterocycles. The number of ketones is 1. The molecule has 0 spiro atoms. The molecule has 1 aromatic rings. The van der Waals surface area contributed by atoms with Crippen LogP contribution in [-0.2, 0) is 11.3 Å². The molecule has 0 N–H and O–H groups in total. The minimum Gasteiger partial charge on any atom is -0.300 e. The largest absolute Gasteiger partial charge is 0.300 e. The molecule has 2 aliphatic rings. The van der Waals surface area contributed by atoms with Gasteiger partial charge in [0.15, 0.2) is 0 Å². The van der Waals surface area contributed by atoms with E-state index in [-0.39, 0.29) is 0 Å². The van der Waals surface area contributed by atoms with E-state index in [9.17, 15) is 4.79 Å². The van der Waals surface area contributed by atoms with Gasteiger partial charge in [-0.2, -0.15) is 0 Å². The minimum absolute atomic E-state index is 0.461. The van der Waals surface area contributed by atoms with E-state index < -0.39 is 0 Å². The number of Topliss-reactive ketones (excluding diaryl/α,β-unsaturated/α-hetero) is 1. The van der Waals surface area contributed by atoms with E-state index in [0.29, 0.717) is 17.9 Å². The monoisotopic (exact) mass is 293 g/mol. The highest BCUT2D eigenvalue weighted by atomic mass is 79.9. The summed E-state index contributed by atoms with van der Waals surface area (Å²) < 4.78 is 1.13. The van der Waals surface area contributed by atoms with Crippen LogP contribution in [0.5, 0.6) is 0 Å². The first-order valence-corrected chi connectivity index (χ1v) is 7.03. The zero-order valence-corrected chi connectivity index (χ0v) is 11.3. The Bertz CT molecular complexity index is 430. The Morgan fingerprint density at radius 1 is 1.24 bits per heavy atom. The van der Waals surface area contributed by atoms with Gasteiger partial charge in [-0.25, -0.2) is 0 Å². The van der Waals surface area contributed by atoms with Crippen molar-refractivity contribution in [3.63, 3.8) is 0 Å². The Morgan fingerprint density at radius 3 is 2.59 bits per heavy atom. The SMILES string of the molecule is O=C1CC2CCC(C1)N2Cc1cccc(Br)c1. The number of hydrogen-bond donors (Lipinski definition) is 0. The molecule has 0 radical (unpaired) electrons. The van der Waals surface area contributed by atoms with E-state index in [1.165, 1.54) is 18.4 Å². The number of hydrogen-bond acceptors (Lipinski definition) is 2. The fraction of sp³-hybridized carbons (Fsp3) is 0.500. The predicted molar refractivity (Wildman–Crippen MR) is 70.7 cm³/mol. The topological polar surface area (TPSA) is 20.3 Å². The van der Waals surface area contributed by atoms with Crippen molar-refractivity contribution < 1.29 is 4.79 Å². The van der Waals surface area contributed by atoms with Gasteiger partial charge in [-0.3, -0.25) is 9.69 Å². The first kappa shape index (κ1) is 11.4. The van der Waals surface area contributed by atoms with Gasteiger partial charge < -0.3 is 0 Å². The van der Waals surface area contributed by atoms with Gasteiger partial charge in [0.25, 0.3) is 0 Å². The second-order valence-electron chi connectivity index (χ2n) is 5.13. The van der Waals surface area contributed by atoms with Crippen LogP contribution < -0.4 is 0 Å². The number of benzene rings is 1. The first-order valence-electron chi connectivity index (χ1n) is 6.24. The van der Waals surface area contributed by atoms with Crippen LogP contribution in [0.1, 0.15) is 31.2 Å². The number of carbonyl (C=O) groups excluding carboxylic acids is 1. The Kier molecular flexibility index (Phi) is 3.05. The molecule has 2 aliphatic heterocycles. The maximum Gasteiger partial charge on any atom is 0.136 e. The zero-order chi connectivity index (χ0) is 11.8. The van der Waals surface area contributed by atoms with Crippen LogP contribution in [-0.4, -0.2) is 22.8 Å². The van der Waals surface area contributed by atoms with E-state index in [0.717, 1.165) is 23.9 Å². The molecule has 90 valence electrons. The third kappa shape index (κ3) is 2.31. The van der Waals surface area contributed by atoms with Crippen molar-refractivity contribution in [2.45, 2.75) is 44.3 Å². The number of rotatable bonds is 2. The third-order valence-electron chi connectivity index (χ3n) is 3.95. The Hall–Kier alpha value is -0.670. The highest BCUT2D eigenvalue weighted by molar-refractivity contribution is 9.10. The van der Waals surface area contributed by atoms with E-state index in [1.54, 1.807) is 0 Å². The molecule has 2 saturated heterocycles. The average molecular weight is 294 g/mol. The number of fused-ring (bicyclic) bond motifs is 2. The van der Waals surface area contributed by atoms with Gasteiger partial charge in [0.1, 0.15) is 5.78 Å². The van der Waals surface area contributed by atoms with E-state index in [2.05, 4.69) is 45.1 Å². The molecule has 0 amide bonds. The van der Waals surface area contributed by atoms with Crippen LogP contribution in [0.15, 0.2) is 28.7 Å². The molecule has 1 aromatic carbocycles. The lowest BCUT2D eigenvalue weighted by molar-refractivity contribution is -0.123. The van der Waals surface area contributed by atoms with Crippen molar-refractivity contribution in [2.75, 3.05) is 0 Å². The lowest BCUT2D eigenvalue weighted by Gasteiger charge is -2.33. The van der Waals surface area contributed by atoms with Crippen LogP contribution in [0.25, 0.3) is 0 Å². The fourth-order valence-corrected chi connectivity index (χ4v) is 3.61. The zero-order valence-electron chi connectivity index (χ0n) is 9.73. The van der Waals surface area contributed by atoms with Gasteiger partial charge in [0, 0.05) is 35.9 Å². The maximum absolute atomic E-state index is 11.5. The molecule has 3 heteroatoms. The standard InChI is InChI=1S/C14H16BrNO/c15-11-3-1-2-10(6-11)9-16-12-4-5-13(16)8-14(17)7-12/h1-3,6,12-13H,4-5,7-9H2. The smallest absolute Gasteiger partial charge is 0.136 e. The van der Waals surface area contributed by atoms with E-state index in [1.807, 2.05) is 0 Å². The molecule has 0 saturated carbocycles. The van der Waals surface area contributed by atoms with Crippen molar-refractivity contribution in [1.82, 2.24) is 4.90 Å². The predicted octanol–water partition coefficient (Wildman–Crippen LogP) is 3.15. The highest BCUT2D eigenvalue weighted by Gasteiger charge is 2.39. The van der Waals surface area contributed by atoms with Gasteiger partial charge in [0.2, 0.25) is 0 Å². The normalized spacial score (nSPS) is 28.6. The summed E-state index contributed by atoms with van der Waals surface area (Å²) in [6.45, 7) is 0.988. The summed E-state index contributed by atoms with van der Waals surface area (Å²) in [4.78, 5) is 14.1. The Balaban J connectivity index is 1.76. The number of nitrogens with zero attached hydrogens (tertiary/aromatic N) is 1. The molecule has 2 atom stereocenters. The fourth-order valence-electron chi connectivity index (χ4n) is 3.17. The molecule has 17 heavy (non-hydrogen) atoms. The molecular weight excluding hydrogens is 278 g/mol. The first-order chi connectivity index (χ1) is 8.22. The third-order valence-corrected chi connectivity index (χ3v) is 4.45. The molecule has 2 bridgehead atoms. The van der Waals surface area contributed by atoms with Crippen LogP contribution in [0.2, 0.25) is 0 Å². The second kappa shape index (κ2) is 4.54. The van der Waals surface area contributed by atoms with Crippen molar-refractivity contribution in [1.29, 1.82) is 0 Å². The quantitative estimate of drug-likeness (QED) is 0.835. The summed E-state index contributed by atoms with van der Waals surface area (Å²) in [7, 11) is 0. The van der Waals surface area contributed by atoms with Crippen LogP contribution in [0, 0.1) is 0 Å². The molecule has 2 fully saturated rings. The summed E-state index contributed by atoms with van der Waals surface area (Å²) in [5, 5.41) is 0. The van der Waals surface area contributed by atoms with Crippen molar-refractivity contribution in [3.8, 4) is 0 Å². The lowest BCUT2D eigenvalue weighted by Crippen LogP contribution is -2.42. The molecule has 3 rings (SSSR count). The molecular formula is C14H16BrNO. The molecule has 2 nitrogen and oxygen atoms in total. The van der Waals surface area contributed by atoms with E-state index >= 15 is 0 Å². The number of piperidine rings is 1. The van der Waals surface area contributed by atoms with Crippen molar-refractivity contribution in [3.05, 3.63) is 34.3 Å². The van der Waals surface area contributed by atoms with Gasteiger partial charge in [-0.1, -0.05) is 28.1 Å². The molecule has 0 aromatic heterocycles. The highest BCUT2D eigenvalue weighted by Crippen LogP contribution is 2.35. The summed E-state index contributed by atoms with van der Waals surface area (Å²) >= 11 is 3.51.